The second-order valence-corrected chi connectivity index (χ2v) is 6.37. The molecule has 0 bridgehead atoms. The van der Waals surface area contributed by atoms with Crippen molar-refractivity contribution in [1.82, 2.24) is 15.0 Å². The monoisotopic (exact) mass is 282 g/mol. The third kappa shape index (κ3) is 4.26. The summed E-state index contributed by atoms with van der Waals surface area (Å²) < 4.78 is 11.0. The smallest absolute Gasteiger partial charge is 0.226 e. The Labute approximate surface area is 120 Å². The molecule has 2 N–H and O–H groups in total. The molecule has 0 amide bonds. The average molecular weight is 282 g/mol. The Morgan fingerprint density at radius 2 is 2.20 bits per heavy atom. The van der Waals surface area contributed by atoms with E-state index in [4.69, 9.17) is 15.0 Å². The summed E-state index contributed by atoms with van der Waals surface area (Å²) in [5.41, 5.74) is 5.84. The molecule has 0 radical (unpaired) electrons. The van der Waals surface area contributed by atoms with Crippen LogP contribution in [-0.2, 0) is 11.2 Å². The van der Waals surface area contributed by atoms with Gasteiger partial charge in [-0.25, -0.2) is 0 Å². The number of aryl methyl sites for hydroxylation is 1. The van der Waals surface area contributed by atoms with Gasteiger partial charge in [-0.2, -0.15) is 4.98 Å². The van der Waals surface area contributed by atoms with Crippen LogP contribution in [-0.4, -0.2) is 48.3 Å². The first-order valence-corrected chi connectivity index (χ1v) is 7.33. The van der Waals surface area contributed by atoms with Crippen LogP contribution in [0.2, 0.25) is 0 Å². The predicted molar refractivity (Wildman–Crippen MR) is 76.3 cm³/mol. The third-order valence-corrected chi connectivity index (χ3v) is 3.88. The van der Waals surface area contributed by atoms with Gasteiger partial charge in [-0.15, -0.1) is 0 Å². The van der Waals surface area contributed by atoms with Gasteiger partial charge in [0.05, 0.1) is 6.61 Å². The molecule has 2 heterocycles. The minimum absolute atomic E-state index is 0.0664. The lowest BCUT2D eigenvalue weighted by Crippen LogP contribution is -2.35. The van der Waals surface area contributed by atoms with Gasteiger partial charge in [0, 0.05) is 19.5 Å². The van der Waals surface area contributed by atoms with Crippen molar-refractivity contribution in [3.05, 3.63) is 11.7 Å². The van der Waals surface area contributed by atoms with Crippen LogP contribution in [0.5, 0.6) is 0 Å². The second-order valence-electron chi connectivity index (χ2n) is 6.37. The van der Waals surface area contributed by atoms with E-state index in [2.05, 4.69) is 35.9 Å². The largest absolute Gasteiger partial charge is 0.367 e. The number of nitrogens with two attached hydrogens (primary N) is 1. The summed E-state index contributed by atoms with van der Waals surface area (Å²) in [7, 11) is 2.08. The Balaban J connectivity index is 1.89. The highest BCUT2D eigenvalue weighted by Crippen LogP contribution is 2.26. The Morgan fingerprint density at radius 3 is 2.90 bits per heavy atom. The quantitative estimate of drug-likeness (QED) is 0.849. The molecule has 1 fully saturated rings. The van der Waals surface area contributed by atoms with Gasteiger partial charge in [-0.3, -0.25) is 0 Å². The summed E-state index contributed by atoms with van der Waals surface area (Å²) in [5.74, 6) is 1.37. The number of hydrogen-bond donors (Lipinski definition) is 1. The van der Waals surface area contributed by atoms with Crippen LogP contribution in [0.3, 0.4) is 0 Å². The fraction of sp³-hybridized carbons (Fsp3) is 0.857. The Hall–Kier alpha value is -0.980. The Bertz CT molecular complexity index is 419. The molecule has 1 aromatic heterocycles. The Kier molecular flexibility index (Phi) is 5.12. The van der Waals surface area contributed by atoms with Crippen molar-refractivity contribution in [3.8, 4) is 0 Å². The number of likely N-dealkylation sites (N-methyl/N-ethyl adjacent to an activating group) is 1. The van der Waals surface area contributed by atoms with Crippen LogP contribution in [0.15, 0.2) is 4.52 Å². The highest BCUT2D eigenvalue weighted by molar-refractivity contribution is 4.94. The molecule has 1 aliphatic rings. The molecule has 114 valence electrons. The maximum atomic E-state index is 5.69. The summed E-state index contributed by atoms with van der Waals surface area (Å²) in [6.07, 6.45) is 2.73. The van der Waals surface area contributed by atoms with Gasteiger partial charge in [0.1, 0.15) is 6.10 Å². The lowest BCUT2D eigenvalue weighted by atomic mass is 9.84. The van der Waals surface area contributed by atoms with Gasteiger partial charge in [0.25, 0.3) is 0 Å². The van der Waals surface area contributed by atoms with Gasteiger partial charge in [-0.1, -0.05) is 19.0 Å². The zero-order valence-electron chi connectivity index (χ0n) is 12.8. The summed E-state index contributed by atoms with van der Waals surface area (Å²) >= 11 is 0. The van der Waals surface area contributed by atoms with Crippen LogP contribution >= 0.6 is 0 Å². The topological polar surface area (TPSA) is 77.4 Å². The first kappa shape index (κ1) is 15.4. The molecule has 6 heteroatoms. The second kappa shape index (κ2) is 6.65. The van der Waals surface area contributed by atoms with Crippen molar-refractivity contribution in [3.63, 3.8) is 0 Å². The molecule has 1 aliphatic heterocycles. The molecule has 1 atom stereocenters. The van der Waals surface area contributed by atoms with Gasteiger partial charge >= 0.3 is 0 Å². The third-order valence-electron chi connectivity index (χ3n) is 3.88. The average Bonchev–Trinajstić information content (AvgIpc) is 2.85. The Morgan fingerprint density at radius 1 is 1.40 bits per heavy atom. The SMILES string of the molecule is CN1CCOC(c2noc(CCC(C)(C)CCN)n2)C1. The number of nitrogens with zero attached hydrogens (tertiary/aromatic N) is 3. The molecule has 1 unspecified atom stereocenters. The summed E-state index contributed by atoms with van der Waals surface area (Å²) in [4.78, 5) is 6.69. The van der Waals surface area contributed by atoms with Crippen LogP contribution in [0.4, 0.5) is 0 Å². The molecule has 0 aliphatic carbocycles. The van der Waals surface area contributed by atoms with Crippen LogP contribution in [0.25, 0.3) is 0 Å². The number of morpholine rings is 1. The number of ether oxygens (including phenoxy) is 1. The van der Waals surface area contributed by atoms with Gasteiger partial charge in [-0.05, 0) is 31.8 Å². The molecule has 1 saturated heterocycles. The molecule has 20 heavy (non-hydrogen) atoms. The first-order valence-electron chi connectivity index (χ1n) is 7.33. The highest BCUT2D eigenvalue weighted by Gasteiger charge is 2.25. The van der Waals surface area contributed by atoms with E-state index in [1.807, 2.05) is 0 Å². The van der Waals surface area contributed by atoms with E-state index in [0.29, 0.717) is 24.9 Å². The van der Waals surface area contributed by atoms with Gasteiger partial charge in [0.2, 0.25) is 11.7 Å². The van der Waals surface area contributed by atoms with Crippen molar-refractivity contribution in [2.75, 3.05) is 33.3 Å². The van der Waals surface area contributed by atoms with Gasteiger partial charge < -0.3 is 19.9 Å². The van der Waals surface area contributed by atoms with Crippen LogP contribution in [0, 0.1) is 5.41 Å². The summed E-state index contributed by atoms with van der Waals surface area (Å²) in [6, 6.07) is 0. The number of aromatic nitrogens is 2. The van der Waals surface area contributed by atoms with Crippen molar-refractivity contribution in [1.29, 1.82) is 0 Å². The molecular formula is C14H26N4O2. The van der Waals surface area contributed by atoms with E-state index >= 15 is 0 Å². The van der Waals surface area contributed by atoms with Gasteiger partial charge in [0.15, 0.2) is 0 Å². The van der Waals surface area contributed by atoms with Crippen molar-refractivity contribution >= 4 is 0 Å². The minimum atomic E-state index is -0.0664. The predicted octanol–water partition coefficient (Wildman–Crippen LogP) is 1.38. The van der Waals surface area contributed by atoms with Crippen molar-refractivity contribution < 1.29 is 9.26 Å². The van der Waals surface area contributed by atoms with Crippen LogP contribution in [0.1, 0.15) is 44.5 Å². The fourth-order valence-electron chi connectivity index (χ4n) is 2.40. The summed E-state index contributed by atoms with van der Waals surface area (Å²) in [5, 5.41) is 4.06. The fourth-order valence-corrected chi connectivity index (χ4v) is 2.40. The molecule has 6 nitrogen and oxygen atoms in total. The standard InChI is InChI=1S/C14H26N4O2/c1-14(2,6-7-15)5-4-12-16-13(17-20-12)11-10-18(3)8-9-19-11/h11H,4-10,15H2,1-3H3. The van der Waals surface area contributed by atoms with Crippen molar-refractivity contribution in [2.45, 2.75) is 39.2 Å². The molecule has 0 spiro atoms. The zero-order valence-corrected chi connectivity index (χ0v) is 12.8. The normalized spacial score (nSPS) is 21.3. The van der Waals surface area contributed by atoms with Crippen molar-refractivity contribution in [2.24, 2.45) is 11.1 Å². The van der Waals surface area contributed by atoms with E-state index in [1.165, 1.54) is 0 Å². The van der Waals surface area contributed by atoms with Crippen LogP contribution < -0.4 is 5.73 Å². The maximum Gasteiger partial charge on any atom is 0.226 e. The zero-order chi connectivity index (χ0) is 14.6. The molecular weight excluding hydrogens is 256 g/mol. The first-order chi connectivity index (χ1) is 9.50. The number of hydrogen-bond acceptors (Lipinski definition) is 6. The van der Waals surface area contributed by atoms with E-state index < -0.39 is 0 Å². The van der Waals surface area contributed by atoms with E-state index in [-0.39, 0.29) is 11.5 Å². The van der Waals surface area contributed by atoms with E-state index in [0.717, 1.165) is 32.4 Å². The van der Waals surface area contributed by atoms with E-state index in [1.54, 1.807) is 0 Å². The summed E-state index contributed by atoms with van der Waals surface area (Å²) in [6.45, 7) is 7.64. The lowest BCUT2D eigenvalue weighted by Gasteiger charge is -2.27. The van der Waals surface area contributed by atoms with E-state index in [9.17, 15) is 0 Å². The number of rotatable bonds is 6. The highest BCUT2D eigenvalue weighted by atomic mass is 16.5. The minimum Gasteiger partial charge on any atom is -0.367 e. The molecule has 2 rings (SSSR count). The lowest BCUT2D eigenvalue weighted by molar-refractivity contribution is -0.0264. The molecule has 0 aromatic carbocycles. The molecule has 0 saturated carbocycles. The maximum absolute atomic E-state index is 5.69. The molecule has 1 aromatic rings.